The van der Waals surface area contributed by atoms with Gasteiger partial charge in [-0.05, 0) is 20.3 Å². The minimum Gasteiger partial charge on any atom is -0.480 e. The maximum absolute atomic E-state index is 9.96. The number of carboxylic acids is 1. The Kier molecular flexibility index (Phi) is 5.47. The van der Waals surface area contributed by atoms with E-state index in [4.69, 9.17) is 9.84 Å². The number of carbonyl (C=O) groups is 1. The Bertz CT molecular complexity index is 145. The van der Waals surface area contributed by atoms with Crippen LogP contribution in [0.15, 0.2) is 11.6 Å². The molecule has 0 aromatic carbocycles. The van der Waals surface area contributed by atoms with Gasteiger partial charge in [0.1, 0.15) is 6.61 Å². The predicted molar refractivity (Wildman–Crippen MR) is 42.5 cm³/mol. The summed E-state index contributed by atoms with van der Waals surface area (Å²) in [5, 5.41) is 8.18. The summed E-state index contributed by atoms with van der Waals surface area (Å²) in [4.78, 5) is 9.96. The van der Waals surface area contributed by atoms with Crippen molar-refractivity contribution in [2.45, 2.75) is 20.3 Å². The molecule has 0 saturated carbocycles. The van der Waals surface area contributed by atoms with E-state index in [1.807, 2.05) is 19.9 Å². The highest BCUT2D eigenvalue weighted by Crippen LogP contribution is 1.92. The first kappa shape index (κ1) is 10.2. The van der Waals surface area contributed by atoms with Crippen LogP contribution < -0.4 is 0 Å². The van der Waals surface area contributed by atoms with E-state index >= 15 is 0 Å². The van der Waals surface area contributed by atoms with Crippen LogP contribution in [-0.4, -0.2) is 24.3 Å². The molecule has 3 heteroatoms. The van der Waals surface area contributed by atoms with Crippen molar-refractivity contribution in [3.8, 4) is 0 Å². The van der Waals surface area contributed by atoms with Crippen molar-refractivity contribution in [1.29, 1.82) is 0 Å². The highest BCUT2D eigenvalue weighted by Gasteiger charge is 1.93. The van der Waals surface area contributed by atoms with Gasteiger partial charge in [0.25, 0.3) is 0 Å². The number of allylic oxidation sites excluding steroid dienone is 1. The first-order valence-corrected chi connectivity index (χ1v) is 3.56. The summed E-state index contributed by atoms with van der Waals surface area (Å²) >= 11 is 0. The summed E-state index contributed by atoms with van der Waals surface area (Å²) in [6.07, 6.45) is 2.80. The van der Waals surface area contributed by atoms with Crippen LogP contribution in [0.4, 0.5) is 0 Å². The third-order valence-corrected chi connectivity index (χ3v) is 1.04. The lowest BCUT2D eigenvalue weighted by Gasteiger charge is -1.96. The quantitative estimate of drug-likeness (QED) is 0.486. The number of ether oxygens (including phenoxy) is 1. The van der Waals surface area contributed by atoms with E-state index in [1.165, 1.54) is 5.57 Å². The average Bonchev–Trinajstić information content (AvgIpc) is 1.85. The lowest BCUT2D eigenvalue weighted by atomic mass is 10.3. The Hall–Kier alpha value is -0.830. The molecule has 0 fully saturated rings. The van der Waals surface area contributed by atoms with Gasteiger partial charge >= 0.3 is 5.97 Å². The Morgan fingerprint density at radius 1 is 1.55 bits per heavy atom. The van der Waals surface area contributed by atoms with E-state index in [1.54, 1.807) is 0 Å². The van der Waals surface area contributed by atoms with Crippen molar-refractivity contribution < 1.29 is 14.6 Å². The van der Waals surface area contributed by atoms with Crippen LogP contribution in [0.1, 0.15) is 20.3 Å². The van der Waals surface area contributed by atoms with E-state index in [-0.39, 0.29) is 6.61 Å². The Balaban J connectivity index is 3.15. The lowest BCUT2D eigenvalue weighted by Crippen LogP contribution is -2.07. The summed E-state index contributed by atoms with van der Waals surface area (Å²) < 4.78 is 4.80. The van der Waals surface area contributed by atoms with Crippen LogP contribution in [0, 0.1) is 0 Å². The molecule has 0 unspecified atom stereocenters. The molecule has 64 valence electrons. The van der Waals surface area contributed by atoms with Crippen molar-refractivity contribution in [1.82, 2.24) is 0 Å². The van der Waals surface area contributed by atoms with Crippen LogP contribution in [0.25, 0.3) is 0 Å². The number of carboxylic acid groups (broad SMARTS) is 1. The minimum atomic E-state index is -0.915. The second-order valence-corrected chi connectivity index (χ2v) is 2.52. The molecular formula is C8H14O3. The topological polar surface area (TPSA) is 46.5 Å². The molecule has 0 aliphatic rings. The molecule has 0 rings (SSSR count). The summed E-state index contributed by atoms with van der Waals surface area (Å²) in [6, 6.07) is 0. The minimum absolute atomic E-state index is 0.198. The summed E-state index contributed by atoms with van der Waals surface area (Å²) in [7, 11) is 0. The van der Waals surface area contributed by atoms with Gasteiger partial charge in [0.15, 0.2) is 0 Å². The molecule has 0 heterocycles. The molecule has 0 aliphatic heterocycles. The maximum Gasteiger partial charge on any atom is 0.329 e. The van der Waals surface area contributed by atoms with Gasteiger partial charge in [-0.2, -0.15) is 0 Å². The van der Waals surface area contributed by atoms with Gasteiger partial charge in [-0.25, -0.2) is 4.79 Å². The third kappa shape index (κ3) is 9.17. The summed E-state index contributed by atoms with van der Waals surface area (Å²) in [5.74, 6) is -0.915. The largest absolute Gasteiger partial charge is 0.480 e. The standard InChI is InChI=1S/C8H14O3/c1-7(2)4-3-5-11-6-8(9)10/h4H,3,5-6H2,1-2H3,(H,9,10). The number of hydrogen-bond acceptors (Lipinski definition) is 2. The maximum atomic E-state index is 9.96. The van der Waals surface area contributed by atoms with Gasteiger partial charge < -0.3 is 9.84 Å². The second-order valence-electron chi connectivity index (χ2n) is 2.52. The lowest BCUT2D eigenvalue weighted by molar-refractivity contribution is -0.142. The van der Waals surface area contributed by atoms with E-state index in [0.29, 0.717) is 6.61 Å². The first-order chi connectivity index (χ1) is 5.13. The van der Waals surface area contributed by atoms with Crippen molar-refractivity contribution in [3.63, 3.8) is 0 Å². The van der Waals surface area contributed by atoms with E-state index < -0.39 is 5.97 Å². The molecule has 0 aliphatic carbocycles. The highest BCUT2D eigenvalue weighted by atomic mass is 16.5. The van der Waals surface area contributed by atoms with Crippen molar-refractivity contribution >= 4 is 5.97 Å². The number of hydrogen-bond donors (Lipinski definition) is 1. The smallest absolute Gasteiger partial charge is 0.329 e. The zero-order valence-corrected chi connectivity index (χ0v) is 6.96. The van der Waals surface area contributed by atoms with Gasteiger partial charge in [-0.1, -0.05) is 11.6 Å². The zero-order chi connectivity index (χ0) is 8.69. The van der Waals surface area contributed by atoms with E-state index in [0.717, 1.165) is 6.42 Å². The van der Waals surface area contributed by atoms with Crippen LogP contribution in [0.3, 0.4) is 0 Å². The highest BCUT2D eigenvalue weighted by molar-refractivity contribution is 5.67. The van der Waals surface area contributed by atoms with Gasteiger partial charge in [-0.15, -0.1) is 0 Å². The van der Waals surface area contributed by atoms with E-state index in [9.17, 15) is 4.79 Å². The molecule has 3 nitrogen and oxygen atoms in total. The molecule has 0 bridgehead atoms. The van der Waals surface area contributed by atoms with Crippen molar-refractivity contribution in [3.05, 3.63) is 11.6 Å². The second kappa shape index (κ2) is 5.92. The molecule has 0 aromatic heterocycles. The number of aliphatic carboxylic acids is 1. The molecule has 0 saturated heterocycles. The number of rotatable bonds is 5. The van der Waals surface area contributed by atoms with Gasteiger partial charge in [0, 0.05) is 0 Å². The van der Waals surface area contributed by atoms with Crippen LogP contribution in [0.2, 0.25) is 0 Å². The van der Waals surface area contributed by atoms with Crippen LogP contribution in [0.5, 0.6) is 0 Å². The molecule has 1 N–H and O–H groups in total. The predicted octanol–water partition coefficient (Wildman–Crippen LogP) is 1.44. The summed E-state index contributed by atoms with van der Waals surface area (Å²) in [6.45, 7) is 4.28. The summed E-state index contributed by atoms with van der Waals surface area (Å²) in [5.41, 5.74) is 1.23. The average molecular weight is 158 g/mol. The monoisotopic (exact) mass is 158 g/mol. The van der Waals surface area contributed by atoms with Gasteiger partial charge in [-0.3, -0.25) is 0 Å². The fourth-order valence-electron chi connectivity index (χ4n) is 0.590. The van der Waals surface area contributed by atoms with Crippen LogP contribution in [-0.2, 0) is 9.53 Å². The molecule has 11 heavy (non-hydrogen) atoms. The molecule has 0 aromatic rings. The van der Waals surface area contributed by atoms with Gasteiger partial charge in [0.05, 0.1) is 6.61 Å². The molecule has 0 atom stereocenters. The zero-order valence-electron chi connectivity index (χ0n) is 6.96. The fraction of sp³-hybridized carbons (Fsp3) is 0.625. The Morgan fingerprint density at radius 2 is 2.18 bits per heavy atom. The SMILES string of the molecule is CC(C)=CCCOCC(=O)O. The normalized spacial score (nSPS) is 9.27. The van der Waals surface area contributed by atoms with Crippen molar-refractivity contribution in [2.24, 2.45) is 0 Å². The van der Waals surface area contributed by atoms with Gasteiger partial charge in [0.2, 0.25) is 0 Å². The fourth-order valence-corrected chi connectivity index (χ4v) is 0.590. The molecule has 0 amide bonds. The molecule has 0 radical (unpaired) electrons. The molecule has 0 spiro atoms. The Labute approximate surface area is 66.7 Å². The first-order valence-electron chi connectivity index (χ1n) is 3.56. The van der Waals surface area contributed by atoms with Crippen molar-refractivity contribution in [2.75, 3.05) is 13.2 Å². The molecular weight excluding hydrogens is 144 g/mol. The Morgan fingerprint density at radius 3 is 2.64 bits per heavy atom. The third-order valence-electron chi connectivity index (χ3n) is 1.04. The van der Waals surface area contributed by atoms with Crippen LogP contribution >= 0.6 is 0 Å². The van der Waals surface area contributed by atoms with E-state index in [2.05, 4.69) is 0 Å².